The molecule has 1 heterocycles. The zero-order valence-corrected chi connectivity index (χ0v) is 16.8. The molecule has 1 aliphatic rings. The summed E-state index contributed by atoms with van der Waals surface area (Å²) in [4.78, 5) is 6.09. The Balaban J connectivity index is 2.04. The third-order valence-corrected chi connectivity index (χ3v) is 6.86. The van der Waals surface area contributed by atoms with Crippen molar-refractivity contribution in [3.63, 3.8) is 0 Å². The van der Waals surface area contributed by atoms with Gasteiger partial charge in [-0.25, -0.2) is 9.37 Å². The molecule has 1 aliphatic carbocycles. The van der Waals surface area contributed by atoms with E-state index in [-0.39, 0.29) is 11.2 Å². The Kier molecular flexibility index (Phi) is 5.03. The predicted molar refractivity (Wildman–Crippen MR) is 110 cm³/mol. The molecule has 136 valence electrons. The van der Waals surface area contributed by atoms with Crippen LogP contribution in [0.25, 0.3) is 10.6 Å². The van der Waals surface area contributed by atoms with Crippen LogP contribution >= 0.6 is 11.3 Å². The predicted octanol–water partition coefficient (Wildman–Crippen LogP) is 6.77. The molecule has 26 heavy (non-hydrogen) atoms. The molecule has 0 bridgehead atoms. The van der Waals surface area contributed by atoms with Crippen LogP contribution in [-0.2, 0) is 12.8 Å². The van der Waals surface area contributed by atoms with E-state index >= 15 is 0 Å². The summed E-state index contributed by atoms with van der Waals surface area (Å²) in [5.41, 5.74) is 5.27. The van der Waals surface area contributed by atoms with Crippen molar-refractivity contribution in [3.05, 3.63) is 76.6 Å². The summed E-state index contributed by atoms with van der Waals surface area (Å²) in [6.07, 6.45) is 3.80. The number of allylic oxidation sites excluding steroid dienone is 4. The molecular formula is C23H26FNS. The van der Waals surface area contributed by atoms with Gasteiger partial charge in [-0.3, -0.25) is 0 Å². The molecule has 0 aliphatic heterocycles. The Hall–Kier alpha value is -2.00. The minimum Gasteiger partial charge on any atom is -0.241 e. The van der Waals surface area contributed by atoms with Gasteiger partial charge in [-0.15, -0.1) is 11.3 Å². The molecule has 0 saturated heterocycles. The molecule has 0 radical (unpaired) electrons. The van der Waals surface area contributed by atoms with Crippen LogP contribution < -0.4 is 0 Å². The fourth-order valence-corrected chi connectivity index (χ4v) is 5.16. The second kappa shape index (κ2) is 6.96. The van der Waals surface area contributed by atoms with Crippen molar-refractivity contribution < 1.29 is 4.39 Å². The maximum atomic E-state index is 14.1. The number of benzene rings is 1. The van der Waals surface area contributed by atoms with Gasteiger partial charge in [-0.1, -0.05) is 50.8 Å². The largest absolute Gasteiger partial charge is 0.241 e. The molecule has 1 nitrogen and oxygen atoms in total. The van der Waals surface area contributed by atoms with Crippen molar-refractivity contribution in [1.29, 1.82) is 0 Å². The molecule has 0 spiro atoms. The zero-order valence-electron chi connectivity index (χ0n) is 16.0. The first-order valence-electron chi connectivity index (χ1n) is 9.03. The average Bonchev–Trinajstić information content (AvgIpc) is 3.12. The summed E-state index contributed by atoms with van der Waals surface area (Å²) in [7, 11) is 0. The molecule has 0 N–H and O–H groups in total. The molecular weight excluding hydrogens is 341 g/mol. The average molecular weight is 368 g/mol. The van der Waals surface area contributed by atoms with Crippen LogP contribution in [0, 0.1) is 17.2 Å². The highest BCUT2D eigenvalue weighted by molar-refractivity contribution is 7.15. The molecule has 0 fully saturated rings. The Labute approximate surface area is 160 Å². The molecule has 3 rings (SSSR count). The van der Waals surface area contributed by atoms with Crippen LogP contribution in [-0.4, -0.2) is 4.98 Å². The SMILES string of the molecule is C=C/C(=C(/C)C(=C)C)C1(C(C)C)Cc2nc(-c3ccccc3F)sc2C1. The minimum atomic E-state index is -0.208. The van der Waals surface area contributed by atoms with E-state index in [2.05, 4.69) is 33.9 Å². The van der Waals surface area contributed by atoms with E-state index in [0.29, 0.717) is 11.5 Å². The number of rotatable bonds is 5. The standard InChI is InChI=1S/C23H26FNS/c1-7-18(16(6)14(2)3)23(15(4)5)12-20-21(13-23)26-22(25-20)17-10-8-9-11-19(17)24/h7-11,15H,1-2,12-13H2,3-6H3/b18-16+. The number of thiazole rings is 1. The highest BCUT2D eigenvalue weighted by Crippen LogP contribution is 2.52. The van der Waals surface area contributed by atoms with Crippen LogP contribution in [0.5, 0.6) is 0 Å². The first kappa shape index (κ1) is 18.8. The first-order chi connectivity index (χ1) is 12.3. The van der Waals surface area contributed by atoms with Crippen molar-refractivity contribution >= 4 is 11.3 Å². The lowest BCUT2D eigenvalue weighted by atomic mass is 9.67. The van der Waals surface area contributed by atoms with Crippen LogP contribution in [0.1, 0.15) is 38.3 Å². The highest BCUT2D eigenvalue weighted by atomic mass is 32.1. The zero-order chi connectivity index (χ0) is 19.1. The molecule has 1 aromatic heterocycles. The number of hydrogen-bond donors (Lipinski definition) is 0. The number of aromatic nitrogens is 1. The summed E-state index contributed by atoms with van der Waals surface area (Å²) in [5, 5.41) is 0.784. The Bertz CT molecular complexity index is 877. The van der Waals surface area contributed by atoms with Crippen LogP contribution in [0.3, 0.4) is 0 Å². The molecule has 0 amide bonds. The minimum absolute atomic E-state index is 0.00723. The lowest BCUT2D eigenvalue weighted by molar-refractivity contribution is 0.264. The van der Waals surface area contributed by atoms with E-state index in [1.165, 1.54) is 22.1 Å². The van der Waals surface area contributed by atoms with Gasteiger partial charge in [0, 0.05) is 22.3 Å². The summed E-state index contributed by atoms with van der Waals surface area (Å²) in [6, 6.07) is 6.87. The van der Waals surface area contributed by atoms with Gasteiger partial charge in [0.05, 0.1) is 5.69 Å². The van der Waals surface area contributed by atoms with E-state index in [4.69, 9.17) is 4.98 Å². The van der Waals surface area contributed by atoms with Crippen molar-refractivity contribution in [3.8, 4) is 10.6 Å². The third-order valence-electron chi connectivity index (χ3n) is 5.73. The number of halogens is 1. The van der Waals surface area contributed by atoms with Gasteiger partial charge in [0.1, 0.15) is 10.8 Å². The van der Waals surface area contributed by atoms with E-state index in [9.17, 15) is 4.39 Å². The van der Waals surface area contributed by atoms with E-state index in [0.717, 1.165) is 29.1 Å². The first-order valence-corrected chi connectivity index (χ1v) is 9.85. The van der Waals surface area contributed by atoms with E-state index in [1.807, 2.05) is 19.1 Å². The summed E-state index contributed by atoms with van der Waals surface area (Å²) in [5.74, 6) is 0.239. The lowest BCUT2D eigenvalue weighted by Crippen LogP contribution is -2.31. The van der Waals surface area contributed by atoms with Gasteiger partial charge >= 0.3 is 0 Å². The van der Waals surface area contributed by atoms with Crippen LogP contribution in [0.15, 0.2) is 60.2 Å². The monoisotopic (exact) mass is 367 g/mol. The normalized spacial score (nSPS) is 20.1. The van der Waals surface area contributed by atoms with Gasteiger partial charge in [0.15, 0.2) is 0 Å². The van der Waals surface area contributed by atoms with Gasteiger partial charge in [0.25, 0.3) is 0 Å². The summed E-state index contributed by atoms with van der Waals surface area (Å²) < 4.78 is 14.1. The fraction of sp³-hybridized carbons (Fsp3) is 0.348. The summed E-state index contributed by atoms with van der Waals surface area (Å²) >= 11 is 1.63. The maximum Gasteiger partial charge on any atom is 0.133 e. The number of fused-ring (bicyclic) bond motifs is 1. The van der Waals surface area contributed by atoms with Crippen molar-refractivity contribution in [2.75, 3.05) is 0 Å². The maximum absolute atomic E-state index is 14.1. The van der Waals surface area contributed by atoms with Crippen molar-refractivity contribution in [2.24, 2.45) is 11.3 Å². The van der Waals surface area contributed by atoms with Gasteiger partial charge < -0.3 is 0 Å². The van der Waals surface area contributed by atoms with Crippen LogP contribution in [0.2, 0.25) is 0 Å². The molecule has 1 aromatic carbocycles. The quantitative estimate of drug-likeness (QED) is 0.531. The Morgan fingerprint density at radius 1 is 1.27 bits per heavy atom. The second-order valence-corrected chi connectivity index (χ2v) is 8.64. The molecule has 2 aromatic rings. The second-order valence-electron chi connectivity index (χ2n) is 7.56. The van der Waals surface area contributed by atoms with E-state index in [1.54, 1.807) is 23.5 Å². The van der Waals surface area contributed by atoms with Crippen molar-refractivity contribution in [2.45, 2.75) is 40.5 Å². The number of nitrogens with zero attached hydrogens (tertiary/aromatic N) is 1. The number of hydrogen-bond acceptors (Lipinski definition) is 2. The highest BCUT2D eigenvalue weighted by Gasteiger charge is 2.44. The molecule has 3 heteroatoms. The fourth-order valence-electron chi connectivity index (χ4n) is 3.93. The Morgan fingerprint density at radius 2 is 1.96 bits per heavy atom. The topological polar surface area (TPSA) is 12.9 Å². The lowest BCUT2D eigenvalue weighted by Gasteiger charge is -2.36. The Morgan fingerprint density at radius 3 is 2.50 bits per heavy atom. The smallest absolute Gasteiger partial charge is 0.133 e. The van der Waals surface area contributed by atoms with Gasteiger partial charge in [-0.05, 0) is 49.5 Å². The van der Waals surface area contributed by atoms with Crippen LogP contribution in [0.4, 0.5) is 4.39 Å². The molecule has 1 unspecified atom stereocenters. The van der Waals surface area contributed by atoms with Gasteiger partial charge in [0.2, 0.25) is 0 Å². The van der Waals surface area contributed by atoms with E-state index < -0.39 is 0 Å². The molecule has 1 atom stereocenters. The molecule has 0 saturated carbocycles. The van der Waals surface area contributed by atoms with Gasteiger partial charge in [-0.2, -0.15) is 0 Å². The van der Waals surface area contributed by atoms with Crippen molar-refractivity contribution in [1.82, 2.24) is 4.98 Å². The summed E-state index contributed by atoms with van der Waals surface area (Å²) in [6.45, 7) is 16.9. The third kappa shape index (κ3) is 2.99.